The Hall–Kier alpha value is -1.10. The molecule has 0 aliphatic carbocycles. The predicted octanol–water partition coefficient (Wildman–Crippen LogP) is 3.02. The number of nitrogens with two attached hydrogens (primary N) is 1. The van der Waals surface area contributed by atoms with Crippen molar-refractivity contribution in [2.75, 3.05) is 0 Å². The van der Waals surface area contributed by atoms with Gasteiger partial charge in [-0.1, -0.05) is 51.9 Å². The number of rotatable bonds is 10. The summed E-state index contributed by atoms with van der Waals surface area (Å²) in [4.78, 5) is 19.7. The summed E-state index contributed by atoms with van der Waals surface area (Å²) in [7, 11) is 0. The van der Waals surface area contributed by atoms with E-state index >= 15 is 0 Å². The van der Waals surface area contributed by atoms with Gasteiger partial charge in [-0.2, -0.15) is 0 Å². The lowest BCUT2D eigenvalue weighted by atomic mass is 10.1. The monoisotopic (exact) mass is 275 g/mol. The lowest BCUT2D eigenvalue weighted by molar-refractivity contribution is -0.138. The van der Waals surface area contributed by atoms with Gasteiger partial charge in [0.15, 0.2) is 0 Å². The summed E-state index contributed by atoms with van der Waals surface area (Å²) >= 11 is 0. The van der Waals surface area contributed by atoms with Gasteiger partial charge in [-0.05, 0) is 13.3 Å². The minimum atomic E-state index is -0.963. The van der Waals surface area contributed by atoms with E-state index in [2.05, 4.69) is 6.92 Å². The SMILES string of the molecule is CC(N)C(=O)O.CCCCCCCCCCC(=O)O. The molecule has 4 N–H and O–H groups in total. The fourth-order valence-corrected chi connectivity index (χ4v) is 1.41. The Morgan fingerprint density at radius 1 is 0.947 bits per heavy atom. The average Bonchev–Trinajstić information content (AvgIpc) is 2.33. The van der Waals surface area contributed by atoms with Crippen molar-refractivity contribution in [1.29, 1.82) is 0 Å². The summed E-state index contributed by atoms with van der Waals surface area (Å²) in [6.07, 6.45) is 10.1. The van der Waals surface area contributed by atoms with E-state index in [4.69, 9.17) is 15.9 Å². The van der Waals surface area contributed by atoms with Crippen LogP contribution in [0.1, 0.15) is 71.6 Å². The van der Waals surface area contributed by atoms with Gasteiger partial charge in [0.25, 0.3) is 0 Å². The third-order valence-electron chi connectivity index (χ3n) is 2.63. The van der Waals surface area contributed by atoms with E-state index < -0.39 is 18.0 Å². The van der Waals surface area contributed by atoms with Crippen LogP contribution in [-0.2, 0) is 9.59 Å². The maximum absolute atomic E-state index is 10.2. The van der Waals surface area contributed by atoms with Crippen molar-refractivity contribution < 1.29 is 19.8 Å². The molecule has 0 amide bonds. The van der Waals surface area contributed by atoms with E-state index in [1.165, 1.54) is 45.4 Å². The van der Waals surface area contributed by atoms with Gasteiger partial charge in [0.1, 0.15) is 6.04 Å². The second-order valence-electron chi connectivity index (χ2n) is 4.75. The van der Waals surface area contributed by atoms with Crippen molar-refractivity contribution in [1.82, 2.24) is 0 Å². The maximum atomic E-state index is 10.2. The maximum Gasteiger partial charge on any atom is 0.320 e. The number of aliphatic carboxylic acids is 2. The highest BCUT2D eigenvalue weighted by atomic mass is 16.4. The van der Waals surface area contributed by atoms with Crippen molar-refractivity contribution in [2.45, 2.75) is 77.7 Å². The number of carbonyl (C=O) groups is 2. The normalized spacial score (nSPS) is 11.3. The Balaban J connectivity index is 0. The summed E-state index contributed by atoms with van der Waals surface area (Å²) in [5, 5.41) is 16.3. The number of hydrogen-bond donors (Lipinski definition) is 3. The van der Waals surface area contributed by atoms with Crippen LogP contribution in [0.4, 0.5) is 0 Å². The van der Waals surface area contributed by atoms with Crippen LogP contribution in [0.5, 0.6) is 0 Å². The summed E-state index contributed by atoms with van der Waals surface area (Å²) in [6, 6.07) is -0.731. The number of unbranched alkanes of at least 4 members (excludes halogenated alkanes) is 7. The molecule has 0 aliphatic heterocycles. The van der Waals surface area contributed by atoms with E-state index in [-0.39, 0.29) is 0 Å². The molecule has 0 radical (unpaired) electrons. The first-order valence-corrected chi connectivity index (χ1v) is 7.12. The van der Waals surface area contributed by atoms with Crippen LogP contribution in [0.2, 0.25) is 0 Å². The van der Waals surface area contributed by atoms with E-state index in [1.807, 2.05) is 0 Å². The first-order chi connectivity index (χ1) is 8.91. The third-order valence-corrected chi connectivity index (χ3v) is 2.63. The molecule has 0 rings (SSSR count). The Kier molecular flexibility index (Phi) is 15.9. The summed E-state index contributed by atoms with van der Waals surface area (Å²) in [6.45, 7) is 3.63. The van der Waals surface area contributed by atoms with Gasteiger partial charge in [0, 0.05) is 6.42 Å². The predicted molar refractivity (Wildman–Crippen MR) is 76.1 cm³/mol. The molecule has 0 fully saturated rings. The summed E-state index contributed by atoms with van der Waals surface area (Å²) in [5.74, 6) is -1.62. The molecule has 114 valence electrons. The zero-order valence-corrected chi connectivity index (χ0v) is 12.2. The smallest absolute Gasteiger partial charge is 0.320 e. The van der Waals surface area contributed by atoms with Gasteiger partial charge in [-0.25, -0.2) is 0 Å². The van der Waals surface area contributed by atoms with E-state index in [1.54, 1.807) is 0 Å². The van der Waals surface area contributed by atoms with Crippen molar-refractivity contribution in [3.05, 3.63) is 0 Å². The van der Waals surface area contributed by atoms with Crippen LogP contribution >= 0.6 is 0 Å². The largest absolute Gasteiger partial charge is 0.481 e. The van der Waals surface area contributed by atoms with Crippen LogP contribution in [0.15, 0.2) is 0 Å². The van der Waals surface area contributed by atoms with Crippen LogP contribution in [0.3, 0.4) is 0 Å². The van der Waals surface area contributed by atoms with Crippen molar-refractivity contribution in [2.24, 2.45) is 5.73 Å². The fraction of sp³-hybridized carbons (Fsp3) is 0.857. The van der Waals surface area contributed by atoms with Gasteiger partial charge in [0.2, 0.25) is 0 Å². The lowest BCUT2D eigenvalue weighted by Crippen LogP contribution is -2.25. The van der Waals surface area contributed by atoms with Gasteiger partial charge in [-0.3, -0.25) is 9.59 Å². The van der Waals surface area contributed by atoms with E-state index in [9.17, 15) is 9.59 Å². The fourth-order valence-electron chi connectivity index (χ4n) is 1.41. The highest BCUT2D eigenvalue weighted by molar-refractivity contribution is 5.72. The molecule has 5 heteroatoms. The number of carboxylic acids is 2. The zero-order chi connectivity index (χ0) is 15.1. The third kappa shape index (κ3) is 22.5. The molecule has 0 aromatic rings. The molecule has 5 nitrogen and oxygen atoms in total. The molecular formula is C14H29NO4. The van der Waals surface area contributed by atoms with Crippen LogP contribution in [0, 0.1) is 0 Å². The Morgan fingerprint density at radius 3 is 1.63 bits per heavy atom. The molecule has 0 aromatic carbocycles. The zero-order valence-electron chi connectivity index (χ0n) is 12.2. The van der Waals surface area contributed by atoms with Gasteiger partial charge in [-0.15, -0.1) is 0 Å². The minimum Gasteiger partial charge on any atom is -0.481 e. The molecule has 0 aromatic heterocycles. The molecule has 0 saturated carbocycles. The molecule has 0 saturated heterocycles. The second kappa shape index (κ2) is 15.0. The topological polar surface area (TPSA) is 101 Å². The van der Waals surface area contributed by atoms with Crippen LogP contribution in [-0.4, -0.2) is 28.2 Å². The second-order valence-corrected chi connectivity index (χ2v) is 4.75. The highest BCUT2D eigenvalue weighted by Crippen LogP contribution is 2.09. The summed E-state index contributed by atoms with van der Waals surface area (Å²) in [5.41, 5.74) is 4.84. The highest BCUT2D eigenvalue weighted by Gasteiger charge is 1.99. The van der Waals surface area contributed by atoms with E-state index in [0.717, 1.165) is 12.8 Å². The minimum absolute atomic E-state index is 0.342. The van der Waals surface area contributed by atoms with Crippen LogP contribution in [0.25, 0.3) is 0 Å². The van der Waals surface area contributed by atoms with Crippen LogP contribution < -0.4 is 5.73 Å². The Morgan fingerprint density at radius 2 is 1.32 bits per heavy atom. The van der Waals surface area contributed by atoms with E-state index in [0.29, 0.717) is 6.42 Å². The van der Waals surface area contributed by atoms with Gasteiger partial charge < -0.3 is 15.9 Å². The Labute approximate surface area is 116 Å². The summed E-state index contributed by atoms with van der Waals surface area (Å²) < 4.78 is 0. The van der Waals surface area contributed by atoms with Gasteiger partial charge >= 0.3 is 11.9 Å². The van der Waals surface area contributed by atoms with Crippen molar-refractivity contribution in [3.63, 3.8) is 0 Å². The molecule has 0 aliphatic rings. The molecule has 19 heavy (non-hydrogen) atoms. The molecule has 0 bridgehead atoms. The first kappa shape index (κ1) is 20.2. The molecular weight excluding hydrogens is 246 g/mol. The van der Waals surface area contributed by atoms with Gasteiger partial charge in [0.05, 0.1) is 0 Å². The standard InChI is InChI=1S/C11H22O2.C3H7NO2/c1-2-3-4-5-6-7-8-9-10-11(12)13;1-2(4)3(5)6/h2-10H2,1H3,(H,12,13);2H,4H2,1H3,(H,5,6). The molecule has 0 heterocycles. The number of hydrogen-bond acceptors (Lipinski definition) is 3. The Bertz CT molecular complexity index is 229. The average molecular weight is 275 g/mol. The lowest BCUT2D eigenvalue weighted by Gasteiger charge is -1.99. The first-order valence-electron chi connectivity index (χ1n) is 7.12. The molecule has 1 atom stereocenters. The molecule has 1 unspecified atom stereocenters. The quantitative estimate of drug-likeness (QED) is 0.532. The molecule has 0 spiro atoms. The van der Waals surface area contributed by atoms with Crippen molar-refractivity contribution >= 4 is 11.9 Å². The van der Waals surface area contributed by atoms with Crippen molar-refractivity contribution in [3.8, 4) is 0 Å². The number of carboxylic acid groups (broad SMARTS) is 2.